The smallest absolute Gasteiger partial charge is 0.203 e. The third kappa shape index (κ3) is 3.70. The van der Waals surface area contributed by atoms with Crippen LogP contribution in [-0.4, -0.2) is 21.7 Å². The summed E-state index contributed by atoms with van der Waals surface area (Å²) in [4.78, 5) is 1.31. The third-order valence-corrected chi connectivity index (χ3v) is 4.90. The van der Waals surface area contributed by atoms with Gasteiger partial charge in [-0.25, -0.2) is 0 Å². The van der Waals surface area contributed by atoms with Crippen molar-refractivity contribution in [2.45, 2.75) is 9.24 Å². The summed E-state index contributed by atoms with van der Waals surface area (Å²) in [6, 6.07) is 10.4. The lowest BCUT2D eigenvalue weighted by molar-refractivity contribution is 1.02. The summed E-state index contributed by atoms with van der Waals surface area (Å²) >= 11 is 5.00. The Labute approximate surface area is 107 Å². The number of nitrogens with two attached hydrogens (primary N) is 1. The van der Waals surface area contributed by atoms with Gasteiger partial charge in [-0.05, 0) is 12.1 Å². The van der Waals surface area contributed by atoms with Gasteiger partial charge < -0.3 is 5.73 Å². The van der Waals surface area contributed by atoms with E-state index in [2.05, 4.69) is 34.5 Å². The van der Waals surface area contributed by atoms with Crippen molar-refractivity contribution < 1.29 is 0 Å². The second kappa shape index (κ2) is 6.12. The highest BCUT2D eigenvalue weighted by molar-refractivity contribution is 8.03. The molecule has 0 radical (unpaired) electrons. The van der Waals surface area contributed by atoms with Crippen LogP contribution in [0.3, 0.4) is 0 Å². The molecular weight excluding hydrogens is 258 g/mol. The molecule has 1 aromatic carbocycles. The van der Waals surface area contributed by atoms with Crippen LogP contribution in [0, 0.1) is 0 Å². The average Bonchev–Trinajstić information content (AvgIpc) is 2.72. The molecule has 3 nitrogen and oxygen atoms in total. The minimum absolute atomic E-state index is 0.540. The van der Waals surface area contributed by atoms with Crippen molar-refractivity contribution in [2.75, 3.05) is 17.2 Å². The van der Waals surface area contributed by atoms with Crippen molar-refractivity contribution in [1.82, 2.24) is 10.2 Å². The zero-order valence-corrected chi connectivity index (χ0v) is 10.9. The summed E-state index contributed by atoms with van der Waals surface area (Å²) in [6.45, 7) is 0. The average molecular weight is 269 g/mol. The van der Waals surface area contributed by atoms with Crippen LogP contribution in [0.15, 0.2) is 39.6 Å². The molecule has 2 N–H and O–H groups in total. The highest BCUT2D eigenvalue weighted by Crippen LogP contribution is 2.25. The van der Waals surface area contributed by atoms with Crippen molar-refractivity contribution >= 4 is 40.0 Å². The number of hydrogen-bond acceptors (Lipinski definition) is 6. The molecule has 0 bridgehead atoms. The molecule has 0 aliphatic rings. The molecule has 84 valence electrons. The minimum Gasteiger partial charge on any atom is -0.374 e. The monoisotopic (exact) mass is 269 g/mol. The molecule has 1 aromatic heterocycles. The Morgan fingerprint density at radius 2 is 1.81 bits per heavy atom. The summed E-state index contributed by atoms with van der Waals surface area (Å²) < 4.78 is 0.950. The molecule has 0 amide bonds. The van der Waals surface area contributed by atoms with Crippen LogP contribution >= 0.6 is 34.9 Å². The Morgan fingerprint density at radius 1 is 1.06 bits per heavy atom. The number of rotatable bonds is 5. The SMILES string of the molecule is Nc1nnc(SCCSc2ccccc2)s1. The van der Waals surface area contributed by atoms with Crippen LogP contribution in [0.4, 0.5) is 5.13 Å². The molecule has 1 heterocycles. The lowest BCUT2D eigenvalue weighted by atomic mass is 10.4. The van der Waals surface area contributed by atoms with Crippen molar-refractivity contribution in [3.05, 3.63) is 30.3 Å². The summed E-state index contributed by atoms with van der Waals surface area (Å²) in [5, 5.41) is 8.27. The first-order chi connectivity index (χ1) is 7.84. The van der Waals surface area contributed by atoms with E-state index in [4.69, 9.17) is 5.73 Å². The Bertz CT molecular complexity index is 430. The van der Waals surface area contributed by atoms with E-state index in [-0.39, 0.29) is 0 Å². The molecular formula is C10H11N3S3. The molecule has 0 saturated heterocycles. The Kier molecular flexibility index (Phi) is 4.50. The lowest BCUT2D eigenvalue weighted by Gasteiger charge is -1.99. The van der Waals surface area contributed by atoms with E-state index >= 15 is 0 Å². The summed E-state index contributed by atoms with van der Waals surface area (Å²) in [5.74, 6) is 2.09. The fourth-order valence-electron chi connectivity index (χ4n) is 1.08. The van der Waals surface area contributed by atoms with Crippen LogP contribution in [0.25, 0.3) is 0 Å². The Morgan fingerprint density at radius 3 is 2.50 bits per heavy atom. The largest absolute Gasteiger partial charge is 0.374 e. The molecule has 0 fully saturated rings. The molecule has 16 heavy (non-hydrogen) atoms. The Hall–Kier alpha value is -0.720. The van der Waals surface area contributed by atoms with Crippen LogP contribution in [0.2, 0.25) is 0 Å². The summed E-state index contributed by atoms with van der Waals surface area (Å²) in [7, 11) is 0. The van der Waals surface area contributed by atoms with Gasteiger partial charge in [-0.1, -0.05) is 41.3 Å². The number of nitrogens with zero attached hydrogens (tertiary/aromatic N) is 2. The fraction of sp³-hybridized carbons (Fsp3) is 0.200. The number of hydrogen-bond donors (Lipinski definition) is 1. The second-order valence-corrected chi connectivity index (χ2v) is 6.44. The van der Waals surface area contributed by atoms with Crippen LogP contribution in [0.1, 0.15) is 0 Å². The van der Waals surface area contributed by atoms with Gasteiger partial charge in [-0.15, -0.1) is 22.0 Å². The van der Waals surface area contributed by atoms with E-state index in [1.807, 2.05) is 17.8 Å². The molecule has 0 unspecified atom stereocenters. The van der Waals surface area contributed by atoms with Crippen molar-refractivity contribution in [2.24, 2.45) is 0 Å². The van der Waals surface area contributed by atoms with Gasteiger partial charge in [0, 0.05) is 16.4 Å². The standard InChI is InChI=1S/C10H11N3S3/c11-9-12-13-10(16-9)15-7-6-14-8-4-2-1-3-5-8/h1-5H,6-7H2,(H2,11,12). The summed E-state index contributed by atoms with van der Waals surface area (Å²) in [5.41, 5.74) is 5.50. The van der Waals surface area contributed by atoms with E-state index < -0.39 is 0 Å². The number of thioether (sulfide) groups is 2. The maximum absolute atomic E-state index is 5.50. The third-order valence-electron chi connectivity index (χ3n) is 1.74. The van der Waals surface area contributed by atoms with E-state index in [0.717, 1.165) is 15.8 Å². The predicted octanol–water partition coefficient (Wildman–Crippen LogP) is 3.00. The van der Waals surface area contributed by atoms with Gasteiger partial charge in [0.1, 0.15) is 0 Å². The van der Waals surface area contributed by atoms with Crippen LogP contribution in [-0.2, 0) is 0 Å². The predicted molar refractivity (Wildman–Crippen MR) is 72.2 cm³/mol. The molecule has 2 rings (SSSR count). The highest BCUT2D eigenvalue weighted by Gasteiger charge is 2.01. The number of aromatic nitrogens is 2. The van der Waals surface area contributed by atoms with Gasteiger partial charge in [0.05, 0.1) is 0 Å². The first-order valence-electron chi connectivity index (χ1n) is 4.74. The quantitative estimate of drug-likeness (QED) is 0.668. The number of nitrogen functional groups attached to an aromatic ring is 1. The first kappa shape index (κ1) is 11.8. The highest BCUT2D eigenvalue weighted by atomic mass is 32.2. The van der Waals surface area contributed by atoms with Gasteiger partial charge in [0.15, 0.2) is 4.34 Å². The molecule has 0 saturated carbocycles. The van der Waals surface area contributed by atoms with Crippen molar-refractivity contribution in [3.8, 4) is 0 Å². The van der Waals surface area contributed by atoms with Crippen LogP contribution in [0.5, 0.6) is 0 Å². The van der Waals surface area contributed by atoms with E-state index in [1.54, 1.807) is 11.8 Å². The summed E-state index contributed by atoms with van der Waals surface area (Å²) in [6.07, 6.45) is 0. The van der Waals surface area contributed by atoms with Crippen molar-refractivity contribution in [1.29, 1.82) is 0 Å². The van der Waals surface area contributed by atoms with Gasteiger partial charge in [-0.2, -0.15) is 0 Å². The van der Waals surface area contributed by atoms with Crippen molar-refractivity contribution in [3.63, 3.8) is 0 Å². The number of anilines is 1. The maximum atomic E-state index is 5.50. The topological polar surface area (TPSA) is 51.8 Å². The van der Waals surface area contributed by atoms with E-state index in [1.165, 1.54) is 16.2 Å². The zero-order chi connectivity index (χ0) is 11.2. The van der Waals surface area contributed by atoms with Gasteiger partial charge >= 0.3 is 0 Å². The molecule has 0 atom stereocenters. The minimum atomic E-state index is 0.540. The van der Waals surface area contributed by atoms with E-state index in [9.17, 15) is 0 Å². The molecule has 2 aromatic rings. The maximum Gasteiger partial charge on any atom is 0.203 e. The molecule has 0 aliphatic heterocycles. The van der Waals surface area contributed by atoms with Gasteiger partial charge in [-0.3, -0.25) is 0 Å². The van der Waals surface area contributed by atoms with E-state index in [0.29, 0.717) is 5.13 Å². The van der Waals surface area contributed by atoms with Crippen LogP contribution < -0.4 is 5.73 Å². The normalized spacial score (nSPS) is 10.5. The van der Waals surface area contributed by atoms with Gasteiger partial charge in [0.25, 0.3) is 0 Å². The first-order valence-corrected chi connectivity index (χ1v) is 7.53. The Balaban J connectivity index is 1.69. The lowest BCUT2D eigenvalue weighted by Crippen LogP contribution is -1.83. The number of benzene rings is 1. The fourth-order valence-corrected chi connectivity index (χ4v) is 3.69. The molecule has 6 heteroatoms. The van der Waals surface area contributed by atoms with Gasteiger partial charge in [0.2, 0.25) is 5.13 Å². The zero-order valence-electron chi connectivity index (χ0n) is 8.50. The molecule has 0 aliphatic carbocycles. The molecule has 0 spiro atoms. The second-order valence-electron chi connectivity index (χ2n) is 2.92.